The van der Waals surface area contributed by atoms with Crippen LogP contribution in [0.3, 0.4) is 0 Å². The fourth-order valence-electron chi connectivity index (χ4n) is 2.79. The van der Waals surface area contributed by atoms with Crippen LogP contribution in [0.25, 0.3) is 0 Å². The lowest BCUT2D eigenvalue weighted by Crippen LogP contribution is -2.50. The molecule has 0 unspecified atom stereocenters. The molecule has 8 nitrogen and oxygen atoms in total. The van der Waals surface area contributed by atoms with Crippen molar-refractivity contribution in [3.63, 3.8) is 0 Å². The molecule has 24 heavy (non-hydrogen) atoms. The number of amides is 1. The summed E-state index contributed by atoms with van der Waals surface area (Å²) in [5.41, 5.74) is 0.865. The Morgan fingerprint density at radius 2 is 2.00 bits per heavy atom. The van der Waals surface area contributed by atoms with Crippen molar-refractivity contribution in [2.75, 3.05) is 38.2 Å². The SMILES string of the molecule is COc1cc(C)nc(N2CCN(C(=O)[C@H](C)n3ccnc3)CC2)n1. The largest absolute Gasteiger partial charge is 0.481 e. The summed E-state index contributed by atoms with van der Waals surface area (Å²) in [5.74, 6) is 1.32. The number of ether oxygens (including phenoxy) is 1. The Hall–Kier alpha value is -2.64. The summed E-state index contributed by atoms with van der Waals surface area (Å²) in [6.07, 6.45) is 5.17. The molecule has 0 aromatic carbocycles. The Balaban J connectivity index is 1.63. The third kappa shape index (κ3) is 3.32. The Bertz CT molecular complexity index is 695. The predicted molar refractivity (Wildman–Crippen MR) is 89.1 cm³/mol. The minimum atomic E-state index is -0.241. The van der Waals surface area contributed by atoms with Gasteiger partial charge in [0.25, 0.3) is 0 Å². The maximum atomic E-state index is 12.6. The van der Waals surface area contributed by atoms with Gasteiger partial charge in [-0.05, 0) is 13.8 Å². The van der Waals surface area contributed by atoms with Crippen LogP contribution in [0, 0.1) is 6.92 Å². The van der Waals surface area contributed by atoms with Crippen LogP contribution in [0.4, 0.5) is 5.95 Å². The average Bonchev–Trinajstić information content (AvgIpc) is 3.14. The molecule has 128 valence electrons. The second-order valence-corrected chi connectivity index (χ2v) is 5.85. The number of hydrogen-bond acceptors (Lipinski definition) is 6. The van der Waals surface area contributed by atoms with Gasteiger partial charge in [-0.2, -0.15) is 4.98 Å². The predicted octanol–water partition coefficient (Wildman–Crippen LogP) is 0.900. The van der Waals surface area contributed by atoms with Gasteiger partial charge in [0, 0.05) is 50.3 Å². The Labute approximate surface area is 141 Å². The van der Waals surface area contributed by atoms with Crippen LogP contribution in [0.2, 0.25) is 0 Å². The number of hydrogen-bond donors (Lipinski definition) is 0. The maximum Gasteiger partial charge on any atom is 0.245 e. The zero-order valence-electron chi connectivity index (χ0n) is 14.2. The van der Waals surface area contributed by atoms with Gasteiger partial charge >= 0.3 is 0 Å². The molecule has 0 aliphatic carbocycles. The molecule has 0 N–H and O–H groups in total. The molecule has 0 saturated carbocycles. The molecule has 3 heterocycles. The molecule has 1 atom stereocenters. The number of aromatic nitrogens is 4. The van der Waals surface area contributed by atoms with E-state index < -0.39 is 0 Å². The van der Waals surface area contributed by atoms with Gasteiger partial charge in [-0.15, -0.1) is 0 Å². The van der Waals surface area contributed by atoms with Crippen molar-refractivity contribution in [2.45, 2.75) is 19.9 Å². The summed E-state index contributed by atoms with van der Waals surface area (Å²) < 4.78 is 7.03. The summed E-state index contributed by atoms with van der Waals surface area (Å²) in [5, 5.41) is 0. The van der Waals surface area contributed by atoms with Crippen LogP contribution in [-0.4, -0.2) is 63.6 Å². The minimum Gasteiger partial charge on any atom is -0.481 e. The first-order chi connectivity index (χ1) is 11.6. The number of nitrogens with zero attached hydrogens (tertiary/aromatic N) is 6. The molecule has 1 aliphatic heterocycles. The molecule has 1 amide bonds. The van der Waals surface area contributed by atoms with Crippen LogP contribution in [0.5, 0.6) is 5.88 Å². The van der Waals surface area contributed by atoms with Crippen molar-refractivity contribution in [3.05, 3.63) is 30.5 Å². The van der Waals surface area contributed by atoms with E-state index in [0.29, 0.717) is 38.0 Å². The quantitative estimate of drug-likeness (QED) is 0.829. The van der Waals surface area contributed by atoms with E-state index in [2.05, 4.69) is 19.9 Å². The molecule has 0 bridgehead atoms. The highest BCUT2D eigenvalue weighted by Crippen LogP contribution is 2.18. The zero-order valence-corrected chi connectivity index (χ0v) is 14.2. The summed E-state index contributed by atoms with van der Waals surface area (Å²) in [6, 6.07) is 1.56. The average molecular weight is 330 g/mol. The first-order valence-electron chi connectivity index (χ1n) is 7.99. The van der Waals surface area contributed by atoms with Gasteiger partial charge in [0.2, 0.25) is 17.7 Å². The van der Waals surface area contributed by atoms with Crippen molar-refractivity contribution in [3.8, 4) is 5.88 Å². The second kappa shape index (κ2) is 6.86. The highest BCUT2D eigenvalue weighted by molar-refractivity contribution is 5.80. The lowest BCUT2D eigenvalue weighted by atomic mass is 10.2. The van der Waals surface area contributed by atoms with Gasteiger partial charge in [0.05, 0.1) is 13.4 Å². The molecule has 1 saturated heterocycles. The molecule has 2 aromatic heterocycles. The molecule has 1 aliphatic rings. The van der Waals surface area contributed by atoms with Gasteiger partial charge in [0.15, 0.2) is 0 Å². The standard InChI is InChI=1S/C16H22N6O2/c1-12-10-14(24-3)19-16(18-12)21-8-6-20(7-9-21)15(23)13(2)22-5-4-17-11-22/h4-5,10-11,13H,6-9H2,1-3H3/t13-/m0/s1. The number of rotatable bonds is 4. The van der Waals surface area contributed by atoms with Crippen LogP contribution in [0.15, 0.2) is 24.8 Å². The molecule has 0 spiro atoms. The molecule has 8 heteroatoms. The highest BCUT2D eigenvalue weighted by Gasteiger charge is 2.26. The van der Waals surface area contributed by atoms with Crippen LogP contribution in [-0.2, 0) is 4.79 Å². The number of carbonyl (C=O) groups excluding carboxylic acids is 1. The van der Waals surface area contributed by atoms with Crippen molar-refractivity contribution in [1.82, 2.24) is 24.4 Å². The fraction of sp³-hybridized carbons (Fsp3) is 0.500. The topological polar surface area (TPSA) is 76.4 Å². The second-order valence-electron chi connectivity index (χ2n) is 5.85. The molecular formula is C16H22N6O2. The molecular weight excluding hydrogens is 308 g/mol. The van der Waals surface area contributed by atoms with Crippen molar-refractivity contribution < 1.29 is 9.53 Å². The highest BCUT2D eigenvalue weighted by atomic mass is 16.5. The van der Waals surface area contributed by atoms with E-state index in [1.807, 2.05) is 29.5 Å². The third-order valence-electron chi connectivity index (χ3n) is 4.23. The van der Waals surface area contributed by atoms with Gasteiger partial charge in [-0.3, -0.25) is 4.79 Å². The fourth-order valence-corrected chi connectivity index (χ4v) is 2.79. The summed E-state index contributed by atoms with van der Waals surface area (Å²) in [4.78, 5) is 29.4. The van der Waals surface area contributed by atoms with Gasteiger partial charge < -0.3 is 19.1 Å². The monoisotopic (exact) mass is 330 g/mol. The van der Waals surface area contributed by atoms with Crippen LogP contribution < -0.4 is 9.64 Å². The number of imidazole rings is 1. The van der Waals surface area contributed by atoms with Crippen molar-refractivity contribution >= 4 is 11.9 Å². The van der Waals surface area contributed by atoms with Crippen molar-refractivity contribution in [2.24, 2.45) is 0 Å². The van der Waals surface area contributed by atoms with E-state index in [-0.39, 0.29) is 11.9 Å². The Morgan fingerprint density at radius 3 is 2.62 bits per heavy atom. The van der Waals surface area contributed by atoms with E-state index in [0.717, 1.165) is 5.69 Å². The number of aryl methyl sites for hydroxylation is 1. The molecule has 1 fully saturated rings. The third-order valence-corrected chi connectivity index (χ3v) is 4.23. The van der Waals surface area contributed by atoms with E-state index >= 15 is 0 Å². The first-order valence-corrected chi connectivity index (χ1v) is 7.99. The van der Waals surface area contributed by atoms with E-state index in [9.17, 15) is 4.79 Å². The van der Waals surface area contributed by atoms with Crippen molar-refractivity contribution in [1.29, 1.82) is 0 Å². The number of methoxy groups -OCH3 is 1. The summed E-state index contributed by atoms with van der Waals surface area (Å²) >= 11 is 0. The Morgan fingerprint density at radius 1 is 1.25 bits per heavy atom. The normalized spacial score (nSPS) is 16.1. The lowest BCUT2D eigenvalue weighted by molar-refractivity contribution is -0.134. The zero-order chi connectivity index (χ0) is 17.1. The number of piperazine rings is 1. The Kier molecular flexibility index (Phi) is 4.64. The summed E-state index contributed by atoms with van der Waals surface area (Å²) in [7, 11) is 1.60. The van der Waals surface area contributed by atoms with E-state index in [1.54, 1.807) is 25.7 Å². The van der Waals surface area contributed by atoms with Gasteiger partial charge in [-0.25, -0.2) is 9.97 Å². The maximum absolute atomic E-state index is 12.6. The first kappa shape index (κ1) is 16.2. The minimum absolute atomic E-state index is 0.107. The summed E-state index contributed by atoms with van der Waals surface area (Å²) in [6.45, 7) is 6.52. The number of carbonyl (C=O) groups is 1. The van der Waals surface area contributed by atoms with Gasteiger partial charge in [0.1, 0.15) is 6.04 Å². The molecule has 2 aromatic rings. The lowest BCUT2D eigenvalue weighted by Gasteiger charge is -2.36. The van der Waals surface area contributed by atoms with Crippen LogP contribution >= 0.6 is 0 Å². The van der Waals surface area contributed by atoms with Gasteiger partial charge in [-0.1, -0.05) is 0 Å². The smallest absolute Gasteiger partial charge is 0.245 e. The van der Waals surface area contributed by atoms with E-state index in [4.69, 9.17) is 4.74 Å². The number of anilines is 1. The van der Waals surface area contributed by atoms with E-state index in [1.165, 1.54) is 0 Å². The van der Waals surface area contributed by atoms with Crippen LogP contribution in [0.1, 0.15) is 18.7 Å². The molecule has 0 radical (unpaired) electrons. The molecule has 3 rings (SSSR count).